The van der Waals surface area contributed by atoms with Gasteiger partial charge in [0.05, 0.1) is 5.54 Å². The normalized spacial score (nSPS) is 13.8. The first-order valence-electron chi connectivity index (χ1n) is 6.49. The molecule has 0 saturated heterocycles. The molecule has 6 heteroatoms. The number of hydrogen-bond donors (Lipinski definition) is 2. The van der Waals surface area contributed by atoms with Crippen LogP contribution in [-0.4, -0.2) is 26.2 Å². The van der Waals surface area contributed by atoms with Crippen molar-refractivity contribution < 1.29 is 4.79 Å². The molecule has 0 aliphatic rings. The number of aryl methyl sites for hydroxylation is 1. The molecule has 3 N–H and O–H groups in total. The predicted molar refractivity (Wildman–Crippen MR) is 78.0 cm³/mol. The van der Waals surface area contributed by atoms with Crippen molar-refractivity contribution in [2.45, 2.75) is 25.8 Å². The maximum absolute atomic E-state index is 12.1. The Kier molecular flexibility index (Phi) is 3.85. The summed E-state index contributed by atoms with van der Waals surface area (Å²) in [5.41, 5.74) is 6.63. The standard InChI is InChI=1S/C14H19N5O/c1-4-14(2,15)13(20)17-11-7-5-6-10(8-11)12-18-16-9-19(12)3/h5-9H,4,15H2,1-3H3,(H,17,20). The number of nitrogens with one attached hydrogen (secondary N) is 1. The number of carbonyl (C=O) groups excluding carboxylic acids is 1. The molecule has 1 aromatic heterocycles. The zero-order valence-corrected chi connectivity index (χ0v) is 11.9. The molecule has 1 heterocycles. The minimum absolute atomic E-state index is 0.199. The second-order valence-corrected chi connectivity index (χ2v) is 5.07. The minimum atomic E-state index is -0.874. The first kappa shape index (κ1) is 14.2. The fraction of sp³-hybridized carbons (Fsp3) is 0.357. The Labute approximate surface area is 118 Å². The number of benzene rings is 1. The molecule has 106 valence electrons. The fourth-order valence-corrected chi connectivity index (χ4v) is 1.72. The molecule has 1 atom stereocenters. The summed E-state index contributed by atoms with van der Waals surface area (Å²) in [5, 5.41) is 10.7. The smallest absolute Gasteiger partial charge is 0.244 e. The van der Waals surface area contributed by atoms with E-state index in [1.54, 1.807) is 13.3 Å². The highest BCUT2D eigenvalue weighted by molar-refractivity contribution is 5.97. The Morgan fingerprint density at radius 2 is 2.25 bits per heavy atom. The lowest BCUT2D eigenvalue weighted by atomic mass is 9.99. The van der Waals surface area contributed by atoms with Gasteiger partial charge in [0.25, 0.3) is 0 Å². The second kappa shape index (κ2) is 5.42. The van der Waals surface area contributed by atoms with Crippen LogP contribution in [0.5, 0.6) is 0 Å². The Balaban J connectivity index is 2.23. The van der Waals surface area contributed by atoms with Crippen molar-refractivity contribution in [3.63, 3.8) is 0 Å². The topological polar surface area (TPSA) is 85.8 Å². The molecule has 2 aromatic rings. The first-order valence-corrected chi connectivity index (χ1v) is 6.49. The summed E-state index contributed by atoms with van der Waals surface area (Å²) in [6.45, 7) is 3.60. The van der Waals surface area contributed by atoms with E-state index < -0.39 is 5.54 Å². The van der Waals surface area contributed by atoms with Crippen molar-refractivity contribution >= 4 is 11.6 Å². The summed E-state index contributed by atoms with van der Waals surface area (Å²) in [6.07, 6.45) is 2.20. The van der Waals surface area contributed by atoms with Crippen LogP contribution < -0.4 is 11.1 Å². The molecule has 2 rings (SSSR count). The van der Waals surface area contributed by atoms with E-state index in [0.29, 0.717) is 12.1 Å². The molecular weight excluding hydrogens is 254 g/mol. The van der Waals surface area contributed by atoms with E-state index in [1.165, 1.54) is 0 Å². The largest absolute Gasteiger partial charge is 0.324 e. The van der Waals surface area contributed by atoms with Crippen LogP contribution in [0.1, 0.15) is 20.3 Å². The number of aromatic nitrogens is 3. The number of nitrogens with zero attached hydrogens (tertiary/aromatic N) is 3. The summed E-state index contributed by atoms with van der Waals surface area (Å²) >= 11 is 0. The Morgan fingerprint density at radius 3 is 2.85 bits per heavy atom. The summed E-state index contributed by atoms with van der Waals surface area (Å²) in [6, 6.07) is 7.46. The van der Waals surface area contributed by atoms with E-state index in [2.05, 4.69) is 15.5 Å². The Morgan fingerprint density at radius 1 is 1.50 bits per heavy atom. The molecule has 6 nitrogen and oxygen atoms in total. The summed E-state index contributed by atoms with van der Waals surface area (Å²) in [5.74, 6) is 0.544. The van der Waals surface area contributed by atoms with Crippen molar-refractivity contribution in [1.29, 1.82) is 0 Å². The van der Waals surface area contributed by atoms with Gasteiger partial charge in [0.1, 0.15) is 6.33 Å². The van der Waals surface area contributed by atoms with E-state index in [1.807, 2.05) is 42.8 Å². The van der Waals surface area contributed by atoms with Crippen molar-refractivity contribution in [1.82, 2.24) is 14.8 Å². The van der Waals surface area contributed by atoms with Gasteiger partial charge in [-0.05, 0) is 25.5 Å². The molecule has 0 radical (unpaired) electrons. The summed E-state index contributed by atoms with van der Waals surface area (Å²) < 4.78 is 1.82. The van der Waals surface area contributed by atoms with E-state index >= 15 is 0 Å². The monoisotopic (exact) mass is 273 g/mol. The number of anilines is 1. The molecule has 0 spiro atoms. The van der Waals surface area contributed by atoms with E-state index in [9.17, 15) is 4.79 Å². The van der Waals surface area contributed by atoms with Crippen molar-refractivity contribution in [2.75, 3.05) is 5.32 Å². The Bertz CT molecular complexity index is 618. The Hall–Kier alpha value is -2.21. The maximum Gasteiger partial charge on any atom is 0.244 e. The lowest BCUT2D eigenvalue weighted by molar-refractivity contribution is -0.120. The van der Waals surface area contributed by atoms with Crippen LogP contribution in [0, 0.1) is 0 Å². The van der Waals surface area contributed by atoms with Crippen LogP contribution in [0.2, 0.25) is 0 Å². The molecular formula is C14H19N5O. The van der Waals surface area contributed by atoms with Gasteiger partial charge in [0, 0.05) is 18.3 Å². The molecule has 1 unspecified atom stereocenters. The number of hydrogen-bond acceptors (Lipinski definition) is 4. The van der Waals surface area contributed by atoms with Gasteiger partial charge in [-0.3, -0.25) is 4.79 Å². The van der Waals surface area contributed by atoms with Crippen LogP contribution >= 0.6 is 0 Å². The highest BCUT2D eigenvalue weighted by Crippen LogP contribution is 2.21. The van der Waals surface area contributed by atoms with Gasteiger partial charge < -0.3 is 15.6 Å². The van der Waals surface area contributed by atoms with Crippen LogP contribution in [0.25, 0.3) is 11.4 Å². The van der Waals surface area contributed by atoms with Gasteiger partial charge >= 0.3 is 0 Å². The van der Waals surface area contributed by atoms with E-state index in [4.69, 9.17) is 5.73 Å². The summed E-state index contributed by atoms with van der Waals surface area (Å²) in [4.78, 5) is 12.1. The maximum atomic E-state index is 12.1. The van der Waals surface area contributed by atoms with E-state index in [0.717, 1.165) is 11.4 Å². The highest BCUT2D eigenvalue weighted by atomic mass is 16.2. The van der Waals surface area contributed by atoms with Crippen LogP contribution in [0.3, 0.4) is 0 Å². The van der Waals surface area contributed by atoms with Crippen LogP contribution in [0.4, 0.5) is 5.69 Å². The van der Waals surface area contributed by atoms with E-state index in [-0.39, 0.29) is 5.91 Å². The van der Waals surface area contributed by atoms with Crippen molar-refractivity contribution in [2.24, 2.45) is 12.8 Å². The number of nitrogens with two attached hydrogens (primary N) is 1. The lowest BCUT2D eigenvalue weighted by Gasteiger charge is -2.21. The average Bonchev–Trinajstić information content (AvgIpc) is 2.85. The second-order valence-electron chi connectivity index (χ2n) is 5.07. The van der Waals surface area contributed by atoms with Gasteiger partial charge in [0.15, 0.2) is 5.82 Å². The quantitative estimate of drug-likeness (QED) is 0.885. The highest BCUT2D eigenvalue weighted by Gasteiger charge is 2.25. The molecule has 20 heavy (non-hydrogen) atoms. The molecule has 0 aliphatic heterocycles. The molecule has 1 amide bonds. The third kappa shape index (κ3) is 2.85. The van der Waals surface area contributed by atoms with Gasteiger partial charge in [-0.1, -0.05) is 19.1 Å². The molecule has 0 fully saturated rings. The number of carbonyl (C=O) groups is 1. The average molecular weight is 273 g/mol. The molecule has 1 aromatic carbocycles. The minimum Gasteiger partial charge on any atom is -0.324 e. The van der Waals surface area contributed by atoms with Crippen LogP contribution in [0.15, 0.2) is 30.6 Å². The lowest BCUT2D eigenvalue weighted by Crippen LogP contribution is -2.47. The zero-order valence-electron chi connectivity index (χ0n) is 11.9. The predicted octanol–water partition coefficient (Wildman–Crippen LogP) is 1.55. The number of amides is 1. The summed E-state index contributed by atoms with van der Waals surface area (Å²) in [7, 11) is 1.87. The molecule has 0 bridgehead atoms. The molecule has 0 saturated carbocycles. The third-order valence-corrected chi connectivity index (χ3v) is 3.34. The van der Waals surface area contributed by atoms with Gasteiger partial charge in [-0.2, -0.15) is 0 Å². The fourth-order valence-electron chi connectivity index (χ4n) is 1.72. The van der Waals surface area contributed by atoms with Gasteiger partial charge in [-0.15, -0.1) is 10.2 Å². The van der Waals surface area contributed by atoms with Crippen molar-refractivity contribution in [3.8, 4) is 11.4 Å². The van der Waals surface area contributed by atoms with Gasteiger partial charge in [-0.25, -0.2) is 0 Å². The van der Waals surface area contributed by atoms with Crippen molar-refractivity contribution in [3.05, 3.63) is 30.6 Å². The third-order valence-electron chi connectivity index (χ3n) is 3.34. The van der Waals surface area contributed by atoms with Crippen LogP contribution in [-0.2, 0) is 11.8 Å². The SMILES string of the molecule is CCC(C)(N)C(=O)Nc1cccc(-c2nncn2C)c1. The number of rotatable bonds is 4. The zero-order chi connectivity index (χ0) is 14.8. The first-order chi connectivity index (χ1) is 9.44. The molecule has 0 aliphatic carbocycles. The van der Waals surface area contributed by atoms with Gasteiger partial charge in [0.2, 0.25) is 5.91 Å².